The second kappa shape index (κ2) is 4.70. The highest BCUT2D eigenvalue weighted by Gasteiger charge is 2.03. The van der Waals surface area contributed by atoms with E-state index in [-0.39, 0.29) is 0 Å². The molecule has 0 aromatic heterocycles. The predicted molar refractivity (Wildman–Crippen MR) is 56.9 cm³/mol. The molecule has 0 heterocycles. The Balaban J connectivity index is 3.12. The van der Waals surface area contributed by atoms with Crippen molar-refractivity contribution >= 4 is 5.57 Å². The zero-order valence-corrected chi connectivity index (χ0v) is 8.50. The molecule has 0 aliphatic rings. The summed E-state index contributed by atoms with van der Waals surface area (Å²) < 4.78 is 5.29. The second-order valence-corrected chi connectivity index (χ2v) is 2.87. The predicted octanol–water partition coefficient (Wildman–Crippen LogP) is 3.51. The van der Waals surface area contributed by atoms with Gasteiger partial charge < -0.3 is 4.74 Å². The fourth-order valence-corrected chi connectivity index (χ4v) is 1.46. The van der Waals surface area contributed by atoms with Crippen molar-refractivity contribution in [3.63, 3.8) is 0 Å². The Labute approximate surface area is 80.0 Å². The summed E-state index contributed by atoms with van der Waals surface area (Å²) >= 11 is 0. The van der Waals surface area contributed by atoms with Crippen molar-refractivity contribution < 1.29 is 4.74 Å². The summed E-state index contributed by atoms with van der Waals surface area (Å²) in [5.41, 5.74) is 2.53. The monoisotopic (exact) mass is 176 g/mol. The van der Waals surface area contributed by atoms with E-state index in [1.807, 2.05) is 18.2 Å². The summed E-state index contributed by atoms with van der Waals surface area (Å²) in [5, 5.41) is 0. The number of hydrogen-bond donors (Lipinski definition) is 0. The van der Waals surface area contributed by atoms with Crippen LogP contribution in [-0.4, -0.2) is 7.11 Å². The van der Waals surface area contributed by atoms with Crippen LogP contribution in [0.2, 0.25) is 0 Å². The largest absolute Gasteiger partial charge is 0.496 e. The van der Waals surface area contributed by atoms with E-state index in [1.54, 1.807) is 7.11 Å². The molecule has 0 saturated carbocycles. The van der Waals surface area contributed by atoms with Gasteiger partial charge in [-0.3, -0.25) is 0 Å². The molecule has 0 amide bonds. The molecule has 0 atom stereocenters. The summed E-state index contributed by atoms with van der Waals surface area (Å²) in [6.07, 6.45) is 3.18. The van der Waals surface area contributed by atoms with Gasteiger partial charge in [-0.15, -0.1) is 0 Å². The third kappa shape index (κ3) is 2.11. The molecule has 1 heteroatoms. The Morgan fingerprint density at radius 3 is 2.62 bits per heavy atom. The molecule has 1 aromatic carbocycles. The van der Waals surface area contributed by atoms with Crippen molar-refractivity contribution in [2.24, 2.45) is 0 Å². The Morgan fingerprint density at radius 2 is 2.08 bits per heavy atom. The number of ether oxygens (including phenoxy) is 1. The van der Waals surface area contributed by atoms with Crippen LogP contribution in [0, 0.1) is 0 Å². The van der Waals surface area contributed by atoms with E-state index in [0.29, 0.717) is 0 Å². The fraction of sp³-hybridized carbons (Fsp3) is 0.333. The van der Waals surface area contributed by atoms with Crippen molar-refractivity contribution in [3.8, 4) is 5.75 Å². The lowest BCUT2D eigenvalue weighted by Crippen LogP contribution is -1.90. The van der Waals surface area contributed by atoms with Gasteiger partial charge in [0.2, 0.25) is 0 Å². The minimum atomic E-state index is 0.956. The number of rotatable bonds is 3. The van der Waals surface area contributed by atoms with E-state index in [2.05, 4.69) is 26.0 Å². The molecule has 0 unspecified atom stereocenters. The van der Waals surface area contributed by atoms with Crippen LogP contribution in [-0.2, 0) is 0 Å². The topological polar surface area (TPSA) is 9.23 Å². The highest BCUT2D eigenvalue weighted by Crippen LogP contribution is 2.27. The van der Waals surface area contributed by atoms with Crippen LogP contribution >= 0.6 is 0 Å². The first-order chi connectivity index (χ1) is 6.33. The summed E-state index contributed by atoms with van der Waals surface area (Å²) in [6, 6.07) is 8.12. The number of methoxy groups -OCH3 is 1. The van der Waals surface area contributed by atoms with Gasteiger partial charge in [0.05, 0.1) is 7.11 Å². The molecule has 1 nitrogen and oxygen atoms in total. The highest BCUT2D eigenvalue weighted by atomic mass is 16.5. The van der Waals surface area contributed by atoms with Crippen LogP contribution in [0.4, 0.5) is 0 Å². The number of hydrogen-bond acceptors (Lipinski definition) is 1. The summed E-state index contributed by atoms with van der Waals surface area (Å²) in [5.74, 6) is 0.956. The zero-order valence-electron chi connectivity index (χ0n) is 8.50. The summed E-state index contributed by atoms with van der Waals surface area (Å²) in [6.45, 7) is 4.22. The summed E-state index contributed by atoms with van der Waals surface area (Å²) in [7, 11) is 1.71. The third-order valence-corrected chi connectivity index (χ3v) is 2.18. The second-order valence-electron chi connectivity index (χ2n) is 2.87. The van der Waals surface area contributed by atoms with Crippen LogP contribution in [0.3, 0.4) is 0 Å². The Hall–Kier alpha value is -1.24. The summed E-state index contributed by atoms with van der Waals surface area (Å²) in [4.78, 5) is 0. The lowest BCUT2D eigenvalue weighted by molar-refractivity contribution is 0.413. The van der Waals surface area contributed by atoms with Gasteiger partial charge in [-0.1, -0.05) is 31.2 Å². The van der Waals surface area contributed by atoms with Crippen LogP contribution < -0.4 is 4.74 Å². The molecule has 0 N–H and O–H groups in total. The Bertz CT molecular complexity index is 300. The quantitative estimate of drug-likeness (QED) is 0.684. The van der Waals surface area contributed by atoms with Crippen LogP contribution in [0.5, 0.6) is 5.75 Å². The first kappa shape index (κ1) is 9.85. The maximum Gasteiger partial charge on any atom is 0.126 e. The molecule has 0 fully saturated rings. The van der Waals surface area contributed by atoms with Gasteiger partial charge in [-0.25, -0.2) is 0 Å². The molecule has 0 radical (unpaired) electrons. The minimum Gasteiger partial charge on any atom is -0.496 e. The van der Waals surface area contributed by atoms with Gasteiger partial charge in [0.15, 0.2) is 0 Å². The Kier molecular flexibility index (Phi) is 3.56. The molecule has 0 aliphatic carbocycles. The van der Waals surface area contributed by atoms with Crippen LogP contribution in [0.1, 0.15) is 25.8 Å². The average Bonchev–Trinajstić information content (AvgIpc) is 2.20. The van der Waals surface area contributed by atoms with Gasteiger partial charge in [0.25, 0.3) is 0 Å². The average molecular weight is 176 g/mol. The highest BCUT2D eigenvalue weighted by molar-refractivity contribution is 5.70. The van der Waals surface area contributed by atoms with Gasteiger partial charge >= 0.3 is 0 Å². The first-order valence-corrected chi connectivity index (χ1v) is 4.62. The van der Waals surface area contributed by atoms with Crippen molar-refractivity contribution in [1.82, 2.24) is 0 Å². The lowest BCUT2D eigenvalue weighted by atomic mass is 10.0. The van der Waals surface area contributed by atoms with E-state index in [9.17, 15) is 0 Å². The molecule has 13 heavy (non-hydrogen) atoms. The van der Waals surface area contributed by atoms with E-state index in [0.717, 1.165) is 12.2 Å². The molecule has 70 valence electrons. The standard InChI is InChI=1S/C12H16O/c1-4-10(5-2)11-8-6-7-9-12(11)13-3/h4,6-9H,5H2,1-3H3/b10-4-. The van der Waals surface area contributed by atoms with Gasteiger partial charge in [-0.05, 0) is 25.0 Å². The van der Waals surface area contributed by atoms with E-state index >= 15 is 0 Å². The molecule has 0 spiro atoms. The lowest BCUT2D eigenvalue weighted by Gasteiger charge is -2.09. The van der Waals surface area contributed by atoms with Gasteiger partial charge in [0, 0.05) is 5.56 Å². The van der Waals surface area contributed by atoms with Gasteiger partial charge in [-0.2, -0.15) is 0 Å². The molecule has 0 saturated heterocycles. The maximum absolute atomic E-state index is 5.29. The van der Waals surface area contributed by atoms with Crippen molar-refractivity contribution in [2.75, 3.05) is 7.11 Å². The van der Waals surface area contributed by atoms with Crippen LogP contribution in [0.15, 0.2) is 30.3 Å². The van der Waals surface area contributed by atoms with Crippen molar-refractivity contribution in [1.29, 1.82) is 0 Å². The van der Waals surface area contributed by atoms with Crippen molar-refractivity contribution in [3.05, 3.63) is 35.9 Å². The fourth-order valence-electron chi connectivity index (χ4n) is 1.46. The number of benzene rings is 1. The first-order valence-electron chi connectivity index (χ1n) is 4.62. The maximum atomic E-state index is 5.29. The third-order valence-electron chi connectivity index (χ3n) is 2.18. The molecule has 0 aliphatic heterocycles. The van der Waals surface area contributed by atoms with Crippen LogP contribution in [0.25, 0.3) is 5.57 Å². The number of para-hydroxylation sites is 1. The zero-order chi connectivity index (χ0) is 9.68. The van der Waals surface area contributed by atoms with Crippen molar-refractivity contribution in [2.45, 2.75) is 20.3 Å². The molecule has 1 rings (SSSR count). The molecule has 1 aromatic rings. The van der Waals surface area contributed by atoms with E-state index < -0.39 is 0 Å². The smallest absolute Gasteiger partial charge is 0.126 e. The van der Waals surface area contributed by atoms with E-state index in [4.69, 9.17) is 4.74 Å². The Morgan fingerprint density at radius 1 is 1.38 bits per heavy atom. The molecular weight excluding hydrogens is 160 g/mol. The van der Waals surface area contributed by atoms with E-state index in [1.165, 1.54) is 11.1 Å². The normalized spacial score (nSPS) is 11.5. The minimum absolute atomic E-state index is 0.956. The number of allylic oxidation sites excluding steroid dienone is 2. The molecular formula is C12H16O. The molecule has 0 bridgehead atoms. The SMILES string of the molecule is C/C=C(/CC)c1ccccc1OC. The van der Waals surface area contributed by atoms with Gasteiger partial charge in [0.1, 0.15) is 5.75 Å².